The molecule has 2 aromatic rings. The quantitative estimate of drug-likeness (QED) is 0.855. The molecule has 1 N–H and O–H groups in total. The van der Waals surface area contributed by atoms with E-state index in [1.54, 1.807) is 6.07 Å². The average Bonchev–Trinajstić information content (AvgIpc) is 2.48. The number of aromatic nitrogens is 1. The third kappa shape index (κ3) is 2.68. The molecule has 0 saturated carbocycles. The van der Waals surface area contributed by atoms with Crippen molar-refractivity contribution in [2.45, 2.75) is 25.3 Å². The number of fused-ring (bicyclic) bond motifs is 1. The number of halogens is 1. The van der Waals surface area contributed by atoms with Gasteiger partial charge in [0.15, 0.2) is 0 Å². The van der Waals surface area contributed by atoms with Gasteiger partial charge in [0, 0.05) is 11.4 Å². The average molecular weight is 287 g/mol. The summed E-state index contributed by atoms with van der Waals surface area (Å²) < 4.78 is 0. The minimum absolute atomic E-state index is 0.155. The first-order valence-corrected chi connectivity index (χ1v) is 7.13. The number of nitrogens with one attached hydrogen (secondary N) is 1. The van der Waals surface area contributed by atoms with Gasteiger partial charge in [0.25, 0.3) is 5.91 Å². The number of amides is 1. The highest BCUT2D eigenvalue weighted by Crippen LogP contribution is 2.23. The fourth-order valence-electron chi connectivity index (χ4n) is 2.43. The molecule has 1 aromatic carbocycles. The van der Waals surface area contributed by atoms with E-state index in [2.05, 4.69) is 22.5 Å². The molecule has 1 amide bonds. The van der Waals surface area contributed by atoms with Crippen molar-refractivity contribution in [2.75, 3.05) is 0 Å². The van der Waals surface area contributed by atoms with Gasteiger partial charge in [0.05, 0.1) is 10.5 Å². The van der Waals surface area contributed by atoms with Crippen molar-refractivity contribution in [3.05, 3.63) is 53.2 Å². The molecule has 0 spiro atoms. The molecule has 0 fully saturated rings. The molecule has 1 aliphatic carbocycles. The number of hydrogen-bond acceptors (Lipinski definition) is 2. The molecule has 1 aliphatic rings. The Bertz CT molecular complexity index is 681. The van der Waals surface area contributed by atoms with Crippen LogP contribution in [0.4, 0.5) is 0 Å². The Labute approximate surface area is 122 Å². The Kier molecular flexibility index (Phi) is 3.70. The van der Waals surface area contributed by atoms with Crippen LogP contribution in [-0.4, -0.2) is 16.9 Å². The summed E-state index contributed by atoms with van der Waals surface area (Å²) in [5, 5.41) is 4.44. The number of benzene rings is 1. The van der Waals surface area contributed by atoms with Crippen LogP contribution in [0.2, 0.25) is 5.02 Å². The number of allylic oxidation sites excluding steroid dienone is 1. The zero-order valence-electron chi connectivity index (χ0n) is 11.0. The molecular weight excluding hydrogens is 272 g/mol. The highest BCUT2D eigenvalue weighted by Gasteiger charge is 2.16. The van der Waals surface area contributed by atoms with Crippen molar-refractivity contribution < 1.29 is 4.79 Å². The molecule has 0 saturated heterocycles. The van der Waals surface area contributed by atoms with E-state index in [0.29, 0.717) is 10.7 Å². The van der Waals surface area contributed by atoms with E-state index in [4.69, 9.17) is 11.6 Å². The summed E-state index contributed by atoms with van der Waals surface area (Å²) in [7, 11) is 0. The zero-order chi connectivity index (χ0) is 13.9. The maximum atomic E-state index is 12.3. The van der Waals surface area contributed by atoms with Crippen LogP contribution in [0.15, 0.2) is 42.5 Å². The lowest BCUT2D eigenvalue weighted by molar-refractivity contribution is 0.0930. The van der Waals surface area contributed by atoms with Crippen molar-refractivity contribution in [3.8, 4) is 0 Å². The van der Waals surface area contributed by atoms with Crippen LogP contribution in [-0.2, 0) is 0 Å². The van der Waals surface area contributed by atoms with Gasteiger partial charge in [-0.05, 0) is 31.4 Å². The van der Waals surface area contributed by atoms with Crippen LogP contribution >= 0.6 is 11.6 Å². The third-order valence-corrected chi connectivity index (χ3v) is 3.82. The summed E-state index contributed by atoms with van der Waals surface area (Å²) in [6.45, 7) is 0. The standard InChI is InChI=1S/C16H15ClN2O/c17-13-10-15(19-14-9-5-4-8-12(13)14)16(20)18-11-6-2-1-3-7-11/h1-2,4-5,8-11H,3,6-7H2,(H,18,20). The third-order valence-electron chi connectivity index (χ3n) is 3.50. The second kappa shape index (κ2) is 5.63. The molecule has 0 radical (unpaired) electrons. The molecular formula is C16H15ClN2O. The molecule has 1 atom stereocenters. The van der Waals surface area contributed by atoms with Crippen molar-refractivity contribution >= 4 is 28.4 Å². The van der Waals surface area contributed by atoms with Gasteiger partial charge in [-0.15, -0.1) is 0 Å². The normalized spacial score (nSPS) is 18.1. The number of carbonyl (C=O) groups is 1. The van der Waals surface area contributed by atoms with Crippen LogP contribution < -0.4 is 5.32 Å². The Morgan fingerprint density at radius 2 is 2.15 bits per heavy atom. The second-order valence-electron chi connectivity index (χ2n) is 4.96. The van der Waals surface area contributed by atoms with Crippen molar-refractivity contribution in [2.24, 2.45) is 0 Å². The lowest BCUT2D eigenvalue weighted by atomic mass is 10.0. The molecule has 102 valence electrons. The Hall–Kier alpha value is -1.87. The minimum Gasteiger partial charge on any atom is -0.348 e. The lowest BCUT2D eigenvalue weighted by Gasteiger charge is -2.19. The van der Waals surface area contributed by atoms with E-state index >= 15 is 0 Å². The summed E-state index contributed by atoms with van der Waals surface area (Å²) in [4.78, 5) is 16.6. The second-order valence-corrected chi connectivity index (χ2v) is 5.37. The fraction of sp³-hybridized carbons (Fsp3) is 0.250. The molecule has 0 bridgehead atoms. The molecule has 3 nitrogen and oxygen atoms in total. The number of carbonyl (C=O) groups excluding carboxylic acids is 1. The zero-order valence-corrected chi connectivity index (χ0v) is 11.7. The van der Waals surface area contributed by atoms with E-state index < -0.39 is 0 Å². The topological polar surface area (TPSA) is 42.0 Å². The predicted molar refractivity (Wildman–Crippen MR) is 81.0 cm³/mol. The van der Waals surface area contributed by atoms with Gasteiger partial charge < -0.3 is 5.32 Å². The summed E-state index contributed by atoms with van der Waals surface area (Å²) in [5.74, 6) is -0.155. The molecule has 1 aromatic heterocycles. The Morgan fingerprint density at radius 3 is 2.95 bits per heavy atom. The van der Waals surface area contributed by atoms with Crippen LogP contribution in [0.25, 0.3) is 10.9 Å². The van der Waals surface area contributed by atoms with E-state index in [0.717, 1.165) is 30.2 Å². The van der Waals surface area contributed by atoms with Gasteiger partial charge in [-0.1, -0.05) is 42.0 Å². The van der Waals surface area contributed by atoms with Crippen LogP contribution in [0.5, 0.6) is 0 Å². The van der Waals surface area contributed by atoms with Gasteiger partial charge >= 0.3 is 0 Å². The Balaban J connectivity index is 1.86. The molecule has 1 unspecified atom stereocenters. The van der Waals surface area contributed by atoms with Gasteiger partial charge in [0.2, 0.25) is 0 Å². The van der Waals surface area contributed by atoms with Crippen molar-refractivity contribution in [1.82, 2.24) is 10.3 Å². The number of hydrogen-bond donors (Lipinski definition) is 1. The highest BCUT2D eigenvalue weighted by atomic mass is 35.5. The minimum atomic E-state index is -0.155. The number of para-hydroxylation sites is 1. The SMILES string of the molecule is O=C(NC1CC=CCC1)c1cc(Cl)c2ccccc2n1. The van der Waals surface area contributed by atoms with Gasteiger partial charge in [-0.3, -0.25) is 4.79 Å². The predicted octanol–water partition coefficient (Wildman–Crippen LogP) is 3.73. The number of nitrogens with zero attached hydrogens (tertiary/aromatic N) is 1. The van der Waals surface area contributed by atoms with Crippen molar-refractivity contribution in [1.29, 1.82) is 0 Å². The first kappa shape index (κ1) is 13.1. The summed E-state index contributed by atoms with van der Waals surface area (Å²) in [6, 6.07) is 9.39. The molecule has 0 aliphatic heterocycles. The van der Waals surface area contributed by atoms with E-state index in [1.807, 2.05) is 24.3 Å². The molecule has 3 rings (SSSR count). The first-order valence-electron chi connectivity index (χ1n) is 6.75. The molecule has 1 heterocycles. The fourth-order valence-corrected chi connectivity index (χ4v) is 2.70. The van der Waals surface area contributed by atoms with Crippen LogP contribution in [0.1, 0.15) is 29.8 Å². The van der Waals surface area contributed by atoms with Crippen LogP contribution in [0, 0.1) is 0 Å². The molecule has 4 heteroatoms. The lowest BCUT2D eigenvalue weighted by Crippen LogP contribution is -2.35. The van der Waals surface area contributed by atoms with E-state index in [9.17, 15) is 4.79 Å². The van der Waals surface area contributed by atoms with Gasteiger partial charge in [0.1, 0.15) is 5.69 Å². The first-order chi connectivity index (χ1) is 9.74. The summed E-state index contributed by atoms with van der Waals surface area (Å²) >= 11 is 6.22. The van der Waals surface area contributed by atoms with Gasteiger partial charge in [-0.2, -0.15) is 0 Å². The Morgan fingerprint density at radius 1 is 1.30 bits per heavy atom. The highest BCUT2D eigenvalue weighted by molar-refractivity contribution is 6.35. The number of rotatable bonds is 2. The molecule has 20 heavy (non-hydrogen) atoms. The van der Waals surface area contributed by atoms with Crippen LogP contribution in [0.3, 0.4) is 0 Å². The summed E-state index contributed by atoms with van der Waals surface area (Å²) in [5.41, 5.74) is 1.12. The maximum absolute atomic E-state index is 12.3. The van der Waals surface area contributed by atoms with E-state index in [1.165, 1.54) is 0 Å². The monoisotopic (exact) mass is 286 g/mol. The summed E-state index contributed by atoms with van der Waals surface area (Å²) in [6.07, 6.45) is 7.12. The smallest absolute Gasteiger partial charge is 0.270 e. The van der Waals surface area contributed by atoms with Gasteiger partial charge in [-0.25, -0.2) is 4.98 Å². The largest absolute Gasteiger partial charge is 0.348 e. The van der Waals surface area contributed by atoms with E-state index in [-0.39, 0.29) is 11.9 Å². The maximum Gasteiger partial charge on any atom is 0.270 e. The number of pyridine rings is 1. The van der Waals surface area contributed by atoms with Crippen molar-refractivity contribution in [3.63, 3.8) is 0 Å².